The molecule has 2 aromatic carbocycles. The van der Waals surface area contributed by atoms with Crippen molar-refractivity contribution in [3.05, 3.63) is 63.1 Å². The van der Waals surface area contributed by atoms with E-state index < -0.39 is 48.1 Å². The Morgan fingerprint density at radius 1 is 1.00 bits per heavy atom. The van der Waals surface area contributed by atoms with E-state index in [-0.39, 0.29) is 27.7 Å². The van der Waals surface area contributed by atoms with Gasteiger partial charge in [0.15, 0.2) is 0 Å². The summed E-state index contributed by atoms with van der Waals surface area (Å²) in [4.78, 5) is 11.3. The first kappa shape index (κ1) is 26.1. The third-order valence-corrected chi connectivity index (χ3v) is 5.01. The molecule has 0 radical (unpaired) electrons. The van der Waals surface area contributed by atoms with Crippen LogP contribution in [0, 0.1) is 0 Å². The Kier molecular flexibility index (Phi) is 7.96. The standard InChI is InChI=1S/C20H18Cl2F6N2O2/c1-2-17(31)29-9-11-3-4-15(8-16(11)19(23,24)25)30-10-18(32,20(26,27)28)12-5-13(21)7-14(22)6-12/h3-8,30,32H,2,9-10H2,1H3,(H,29,31)/t18-/m1/s1. The molecule has 0 aliphatic heterocycles. The normalized spacial score (nSPS) is 14.1. The van der Waals surface area contributed by atoms with Crippen molar-refractivity contribution in [2.45, 2.75) is 37.8 Å². The Bertz CT molecular complexity index is 961. The number of rotatable bonds is 7. The van der Waals surface area contributed by atoms with Crippen molar-refractivity contribution >= 4 is 34.8 Å². The maximum Gasteiger partial charge on any atom is 0.423 e. The number of amides is 1. The maximum atomic E-state index is 13.7. The summed E-state index contributed by atoms with van der Waals surface area (Å²) in [5.74, 6) is -0.462. The van der Waals surface area contributed by atoms with Crippen molar-refractivity contribution in [2.24, 2.45) is 0 Å². The summed E-state index contributed by atoms with van der Waals surface area (Å²) in [7, 11) is 0. The monoisotopic (exact) mass is 502 g/mol. The molecule has 4 nitrogen and oxygen atoms in total. The Hall–Kier alpha value is -2.17. The van der Waals surface area contributed by atoms with Crippen LogP contribution in [0.1, 0.15) is 30.0 Å². The number of anilines is 1. The fourth-order valence-corrected chi connectivity index (χ4v) is 3.34. The zero-order valence-electron chi connectivity index (χ0n) is 16.5. The number of benzene rings is 2. The van der Waals surface area contributed by atoms with Gasteiger partial charge in [-0.1, -0.05) is 36.2 Å². The van der Waals surface area contributed by atoms with Crippen LogP contribution in [0.5, 0.6) is 0 Å². The fourth-order valence-electron chi connectivity index (χ4n) is 2.81. The molecule has 1 amide bonds. The lowest BCUT2D eigenvalue weighted by Crippen LogP contribution is -2.47. The minimum absolute atomic E-state index is 0.0739. The molecule has 3 N–H and O–H groups in total. The van der Waals surface area contributed by atoms with E-state index in [1.807, 2.05) is 0 Å². The molecule has 1 atom stereocenters. The largest absolute Gasteiger partial charge is 0.423 e. The molecule has 0 fully saturated rings. The van der Waals surface area contributed by atoms with Crippen LogP contribution in [0.4, 0.5) is 32.0 Å². The first-order chi connectivity index (χ1) is 14.7. The number of nitrogens with one attached hydrogen (secondary N) is 2. The third kappa shape index (κ3) is 6.20. The Balaban J connectivity index is 2.36. The number of carbonyl (C=O) groups excluding carboxylic acids is 1. The van der Waals surface area contributed by atoms with Gasteiger partial charge in [0.05, 0.1) is 12.1 Å². The molecule has 2 rings (SSSR count). The average Bonchev–Trinajstić information content (AvgIpc) is 2.68. The number of carbonyl (C=O) groups is 1. The van der Waals surface area contributed by atoms with Crippen LogP contribution in [0.3, 0.4) is 0 Å². The van der Waals surface area contributed by atoms with E-state index in [1.54, 1.807) is 0 Å². The van der Waals surface area contributed by atoms with Crippen molar-refractivity contribution in [3.8, 4) is 0 Å². The van der Waals surface area contributed by atoms with Crippen LogP contribution < -0.4 is 10.6 Å². The smallest absolute Gasteiger partial charge is 0.381 e. The summed E-state index contributed by atoms with van der Waals surface area (Å²) in [5, 5.41) is 14.6. The van der Waals surface area contributed by atoms with Crippen molar-refractivity contribution < 1.29 is 36.2 Å². The molecule has 0 spiro atoms. The summed E-state index contributed by atoms with van der Waals surface area (Å²) in [6.45, 7) is -0.0897. The Morgan fingerprint density at radius 3 is 2.09 bits per heavy atom. The predicted octanol–water partition coefficient (Wildman–Crippen LogP) is 5.90. The predicted molar refractivity (Wildman–Crippen MR) is 108 cm³/mol. The van der Waals surface area contributed by atoms with Crippen molar-refractivity contribution in [1.29, 1.82) is 0 Å². The zero-order chi connectivity index (χ0) is 24.3. The van der Waals surface area contributed by atoms with Crippen LogP contribution in [0.25, 0.3) is 0 Å². The second-order valence-electron chi connectivity index (χ2n) is 6.87. The number of aliphatic hydroxyl groups is 1. The van der Waals surface area contributed by atoms with Crippen LogP contribution in [-0.4, -0.2) is 23.7 Å². The molecule has 2 aromatic rings. The van der Waals surface area contributed by atoms with Gasteiger partial charge in [0, 0.05) is 28.7 Å². The van der Waals surface area contributed by atoms with Crippen LogP contribution in [0.15, 0.2) is 36.4 Å². The number of hydrogen-bond donors (Lipinski definition) is 3. The maximum absolute atomic E-state index is 13.7. The minimum Gasteiger partial charge on any atom is -0.381 e. The zero-order valence-corrected chi connectivity index (χ0v) is 18.0. The second-order valence-corrected chi connectivity index (χ2v) is 7.74. The molecule has 32 heavy (non-hydrogen) atoms. The second kappa shape index (κ2) is 9.76. The van der Waals surface area contributed by atoms with Gasteiger partial charge in [-0.05, 0) is 41.5 Å². The summed E-state index contributed by atoms with van der Waals surface area (Å²) in [6, 6.07) is 5.65. The lowest BCUT2D eigenvalue weighted by atomic mass is 9.92. The van der Waals surface area contributed by atoms with E-state index in [9.17, 15) is 36.2 Å². The molecule has 0 aliphatic rings. The molecule has 176 valence electrons. The van der Waals surface area contributed by atoms with Gasteiger partial charge in [0.25, 0.3) is 0 Å². The van der Waals surface area contributed by atoms with Gasteiger partial charge in [-0.3, -0.25) is 4.79 Å². The summed E-state index contributed by atoms with van der Waals surface area (Å²) >= 11 is 11.5. The minimum atomic E-state index is -5.20. The lowest BCUT2D eigenvalue weighted by Gasteiger charge is -2.32. The van der Waals surface area contributed by atoms with Gasteiger partial charge in [-0.25, -0.2) is 0 Å². The van der Waals surface area contributed by atoms with Gasteiger partial charge in [0.2, 0.25) is 11.5 Å². The molecule has 0 heterocycles. The summed E-state index contributed by atoms with van der Waals surface area (Å²) in [5.41, 5.74) is -5.89. The van der Waals surface area contributed by atoms with Gasteiger partial charge in [-0.2, -0.15) is 26.3 Å². The molecule has 0 unspecified atom stereocenters. The SMILES string of the molecule is CCC(=O)NCc1ccc(NC[C@@](O)(c2cc(Cl)cc(Cl)c2)C(F)(F)F)cc1C(F)(F)F. The summed E-state index contributed by atoms with van der Waals surface area (Å²) in [6.07, 6.45) is -9.96. The van der Waals surface area contributed by atoms with E-state index in [1.165, 1.54) is 13.0 Å². The Labute approximate surface area is 189 Å². The molecule has 0 saturated carbocycles. The van der Waals surface area contributed by atoms with Crippen LogP contribution in [-0.2, 0) is 23.1 Å². The van der Waals surface area contributed by atoms with E-state index in [4.69, 9.17) is 23.2 Å². The highest BCUT2D eigenvalue weighted by Gasteiger charge is 2.55. The number of alkyl halides is 6. The van der Waals surface area contributed by atoms with Gasteiger partial charge >= 0.3 is 12.4 Å². The third-order valence-electron chi connectivity index (χ3n) is 4.57. The van der Waals surface area contributed by atoms with E-state index in [0.29, 0.717) is 6.07 Å². The average molecular weight is 503 g/mol. The first-order valence-electron chi connectivity index (χ1n) is 9.13. The Morgan fingerprint density at radius 2 is 1.59 bits per heavy atom. The van der Waals surface area contributed by atoms with Gasteiger partial charge < -0.3 is 15.7 Å². The van der Waals surface area contributed by atoms with Crippen LogP contribution in [0.2, 0.25) is 10.0 Å². The molecule has 12 heteroatoms. The molecular weight excluding hydrogens is 485 g/mol. The molecule has 0 bridgehead atoms. The fraction of sp³-hybridized carbons (Fsp3) is 0.350. The van der Waals surface area contributed by atoms with Crippen LogP contribution >= 0.6 is 23.2 Å². The lowest BCUT2D eigenvalue weighted by molar-refractivity contribution is -0.260. The van der Waals surface area contributed by atoms with Crippen molar-refractivity contribution in [3.63, 3.8) is 0 Å². The highest BCUT2D eigenvalue weighted by atomic mass is 35.5. The first-order valence-corrected chi connectivity index (χ1v) is 9.89. The van der Waals surface area contributed by atoms with Gasteiger partial charge in [0.1, 0.15) is 0 Å². The number of halogens is 8. The topological polar surface area (TPSA) is 61.4 Å². The van der Waals surface area contributed by atoms with Crippen molar-refractivity contribution in [1.82, 2.24) is 5.32 Å². The molecule has 0 saturated heterocycles. The van der Waals surface area contributed by atoms with E-state index in [2.05, 4.69) is 10.6 Å². The number of hydrogen-bond acceptors (Lipinski definition) is 3. The van der Waals surface area contributed by atoms with Gasteiger partial charge in [-0.15, -0.1) is 0 Å². The van der Waals surface area contributed by atoms with Crippen molar-refractivity contribution in [2.75, 3.05) is 11.9 Å². The highest BCUT2D eigenvalue weighted by molar-refractivity contribution is 6.34. The summed E-state index contributed by atoms with van der Waals surface area (Å²) < 4.78 is 81.5. The van der Waals surface area contributed by atoms with E-state index >= 15 is 0 Å². The molecule has 0 aliphatic carbocycles. The molecular formula is C20H18Cl2F6N2O2. The quantitative estimate of drug-likeness (QED) is 0.413. The van der Waals surface area contributed by atoms with E-state index in [0.717, 1.165) is 24.3 Å². The molecule has 0 aromatic heterocycles. The highest BCUT2D eigenvalue weighted by Crippen LogP contribution is 2.41.